The van der Waals surface area contributed by atoms with Gasteiger partial charge >= 0.3 is 0 Å². The second-order valence-electron chi connectivity index (χ2n) is 4.84. The molecule has 1 aromatic rings. The third-order valence-electron chi connectivity index (χ3n) is 3.22. The lowest BCUT2D eigenvalue weighted by atomic mass is 10.0. The van der Waals surface area contributed by atoms with Crippen LogP contribution in [0.1, 0.15) is 43.5 Å². The van der Waals surface area contributed by atoms with Crippen LogP contribution < -0.4 is 10.1 Å². The van der Waals surface area contributed by atoms with Gasteiger partial charge in [0.15, 0.2) is 0 Å². The first-order valence-corrected chi connectivity index (χ1v) is 7.81. The fourth-order valence-electron chi connectivity index (χ4n) is 1.89. The maximum atomic E-state index is 12.1. The minimum absolute atomic E-state index is 0.0556. The van der Waals surface area contributed by atoms with E-state index in [9.17, 15) is 4.79 Å². The lowest BCUT2D eigenvalue weighted by Gasteiger charge is -2.14. The molecule has 0 fully saturated rings. The van der Waals surface area contributed by atoms with Crippen LogP contribution in [0, 0.1) is 5.92 Å². The van der Waals surface area contributed by atoms with Crippen LogP contribution in [0.4, 0.5) is 0 Å². The first-order valence-electron chi connectivity index (χ1n) is 7.28. The summed E-state index contributed by atoms with van der Waals surface area (Å²) in [5.41, 5.74) is 0.638. The van der Waals surface area contributed by atoms with E-state index in [-0.39, 0.29) is 5.91 Å². The SMILES string of the molecule is CCCOc1cccc(C(=O)NCC(CC)CCCl)c1. The van der Waals surface area contributed by atoms with E-state index in [0.717, 1.165) is 25.0 Å². The molecule has 20 heavy (non-hydrogen) atoms. The van der Waals surface area contributed by atoms with Crippen LogP contribution in [0.2, 0.25) is 0 Å². The molecule has 1 unspecified atom stereocenters. The molecule has 0 bridgehead atoms. The van der Waals surface area contributed by atoms with Crippen LogP contribution in [0.25, 0.3) is 0 Å². The average Bonchev–Trinajstić information content (AvgIpc) is 2.49. The van der Waals surface area contributed by atoms with E-state index >= 15 is 0 Å². The number of alkyl halides is 1. The van der Waals surface area contributed by atoms with Crippen LogP contribution >= 0.6 is 11.6 Å². The van der Waals surface area contributed by atoms with Crippen LogP contribution in [-0.2, 0) is 0 Å². The minimum atomic E-state index is -0.0556. The Morgan fingerprint density at radius 2 is 2.20 bits per heavy atom. The van der Waals surface area contributed by atoms with Gasteiger partial charge in [-0.2, -0.15) is 0 Å². The van der Waals surface area contributed by atoms with Crippen molar-refractivity contribution < 1.29 is 9.53 Å². The summed E-state index contributed by atoms with van der Waals surface area (Å²) in [4.78, 5) is 12.1. The highest BCUT2D eigenvalue weighted by Crippen LogP contribution is 2.14. The Morgan fingerprint density at radius 1 is 1.40 bits per heavy atom. The van der Waals surface area contributed by atoms with Crippen molar-refractivity contribution in [2.24, 2.45) is 5.92 Å². The van der Waals surface area contributed by atoms with Crippen LogP contribution in [0.5, 0.6) is 5.75 Å². The zero-order chi connectivity index (χ0) is 14.8. The van der Waals surface area contributed by atoms with E-state index in [1.165, 1.54) is 0 Å². The predicted molar refractivity (Wildman–Crippen MR) is 83.7 cm³/mol. The molecule has 0 aliphatic heterocycles. The van der Waals surface area contributed by atoms with Crippen molar-refractivity contribution >= 4 is 17.5 Å². The molecule has 0 saturated carbocycles. The summed E-state index contributed by atoms with van der Waals surface area (Å²) in [6.07, 6.45) is 2.90. The first-order chi connectivity index (χ1) is 9.71. The second-order valence-corrected chi connectivity index (χ2v) is 5.22. The van der Waals surface area contributed by atoms with Crippen LogP contribution in [0.15, 0.2) is 24.3 Å². The third kappa shape index (κ3) is 5.83. The molecule has 3 nitrogen and oxygen atoms in total. The minimum Gasteiger partial charge on any atom is -0.494 e. The fourth-order valence-corrected chi connectivity index (χ4v) is 2.20. The van der Waals surface area contributed by atoms with Gasteiger partial charge < -0.3 is 10.1 Å². The van der Waals surface area contributed by atoms with Gasteiger partial charge in [-0.1, -0.05) is 26.3 Å². The van der Waals surface area contributed by atoms with Crippen molar-refractivity contribution in [3.8, 4) is 5.75 Å². The normalized spacial score (nSPS) is 11.9. The Labute approximate surface area is 126 Å². The molecule has 1 amide bonds. The van der Waals surface area contributed by atoms with E-state index in [1.807, 2.05) is 12.1 Å². The van der Waals surface area contributed by atoms with Gasteiger partial charge in [-0.15, -0.1) is 11.6 Å². The summed E-state index contributed by atoms with van der Waals surface area (Å²) in [7, 11) is 0. The number of halogens is 1. The third-order valence-corrected chi connectivity index (χ3v) is 3.43. The summed E-state index contributed by atoms with van der Waals surface area (Å²) in [6.45, 7) is 5.50. The molecule has 1 rings (SSSR count). The molecule has 0 radical (unpaired) electrons. The van der Waals surface area contributed by atoms with Gasteiger partial charge in [0, 0.05) is 18.0 Å². The predicted octanol–water partition coefficient (Wildman–Crippen LogP) is 3.86. The topological polar surface area (TPSA) is 38.3 Å². The molecule has 1 aromatic carbocycles. The zero-order valence-corrected chi connectivity index (χ0v) is 13.1. The molecule has 0 aliphatic rings. The van der Waals surface area contributed by atoms with Crippen molar-refractivity contribution in [2.45, 2.75) is 33.1 Å². The lowest BCUT2D eigenvalue weighted by molar-refractivity contribution is 0.0946. The molecule has 1 atom stereocenters. The van der Waals surface area contributed by atoms with Gasteiger partial charge in [0.05, 0.1) is 6.61 Å². The van der Waals surface area contributed by atoms with Gasteiger partial charge in [0.1, 0.15) is 5.75 Å². The fraction of sp³-hybridized carbons (Fsp3) is 0.562. The molecular formula is C16H24ClNO2. The number of carbonyl (C=O) groups is 1. The van der Waals surface area contributed by atoms with Gasteiger partial charge in [-0.25, -0.2) is 0 Å². The Morgan fingerprint density at radius 3 is 2.85 bits per heavy atom. The van der Waals surface area contributed by atoms with Crippen molar-refractivity contribution in [1.82, 2.24) is 5.32 Å². The largest absolute Gasteiger partial charge is 0.494 e. The molecule has 4 heteroatoms. The molecule has 112 valence electrons. The van der Waals surface area contributed by atoms with Crippen molar-refractivity contribution in [1.29, 1.82) is 0 Å². The summed E-state index contributed by atoms with van der Waals surface area (Å²) in [6, 6.07) is 7.30. The number of hydrogen-bond donors (Lipinski definition) is 1. The van der Waals surface area contributed by atoms with Gasteiger partial charge in [0.25, 0.3) is 5.91 Å². The molecule has 0 spiro atoms. The smallest absolute Gasteiger partial charge is 0.251 e. The zero-order valence-electron chi connectivity index (χ0n) is 12.3. The summed E-state index contributed by atoms with van der Waals surface area (Å²) in [5, 5.41) is 2.96. The highest BCUT2D eigenvalue weighted by atomic mass is 35.5. The van der Waals surface area contributed by atoms with E-state index in [0.29, 0.717) is 30.5 Å². The number of benzene rings is 1. The number of amides is 1. The van der Waals surface area contributed by atoms with Crippen molar-refractivity contribution in [3.05, 3.63) is 29.8 Å². The molecule has 0 heterocycles. The molecule has 0 aliphatic carbocycles. The quantitative estimate of drug-likeness (QED) is 0.703. The molecule has 0 aromatic heterocycles. The Bertz CT molecular complexity index is 409. The molecular weight excluding hydrogens is 274 g/mol. The first kappa shape index (κ1) is 16.8. The molecule has 0 saturated heterocycles. The Hall–Kier alpha value is -1.22. The van der Waals surface area contributed by atoms with E-state index in [4.69, 9.17) is 16.3 Å². The lowest BCUT2D eigenvalue weighted by Crippen LogP contribution is -2.29. The summed E-state index contributed by atoms with van der Waals surface area (Å²) >= 11 is 5.75. The number of carbonyl (C=O) groups excluding carboxylic acids is 1. The maximum Gasteiger partial charge on any atom is 0.251 e. The van der Waals surface area contributed by atoms with Crippen LogP contribution in [-0.4, -0.2) is 24.9 Å². The highest BCUT2D eigenvalue weighted by Gasteiger charge is 2.10. The van der Waals surface area contributed by atoms with Crippen molar-refractivity contribution in [2.75, 3.05) is 19.0 Å². The van der Waals surface area contributed by atoms with Gasteiger partial charge in [-0.3, -0.25) is 4.79 Å². The van der Waals surface area contributed by atoms with Crippen LogP contribution in [0.3, 0.4) is 0 Å². The number of rotatable bonds is 9. The number of ether oxygens (including phenoxy) is 1. The van der Waals surface area contributed by atoms with E-state index in [2.05, 4.69) is 19.2 Å². The van der Waals surface area contributed by atoms with Gasteiger partial charge in [0.2, 0.25) is 0 Å². The number of nitrogens with one attached hydrogen (secondary N) is 1. The highest BCUT2D eigenvalue weighted by molar-refractivity contribution is 6.17. The second kappa shape index (κ2) is 9.65. The monoisotopic (exact) mass is 297 g/mol. The van der Waals surface area contributed by atoms with E-state index in [1.54, 1.807) is 12.1 Å². The molecule has 1 N–H and O–H groups in total. The standard InChI is InChI=1S/C16H24ClNO2/c1-3-10-20-15-7-5-6-14(11-15)16(19)18-12-13(4-2)8-9-17/h5-7,11,13H,3-4,8-10,12H2,1-2H3,(H,18,19). The van der Waals surface area contributed by atoms with E-state index < -0.39 is 0 Å². The van der Waals surface area contributed by atoms with Crippen molar-refractivity contribution in [3.63, 3.8) is 0 Å². The average molecular weight is 298 g/mol. The number of hydrogen-bond acceptors (Lipinski definition) is 2. The summed E-state index contributed by atoms with van der Waals surface area (Å²) < 4.78 is 5.53. The Kier molecular flexibility index (Phi) is 8.12. The summed E-state index contributed by atoms with van der Waals surface area (Å²) in [5.74, 6) is 1.76. The Balaban J connectivity index is 2.54. The maximum absolute atomic E-state index is 12.1. The van der Waals surface area contributed by atoms with Gasteiger partial charge in [-0.05, 0) is 37.0 Å².